The van der Waals surface area contributed by atoms with Gasteiger partial charge in [0, 0.05) is 11.3 Å². The van der Waals surface area contributed by atoms with E-state index in [1.165, 1.54) is 12.3 Å². The molecule has 7 nitrogen and oxygen atoms in total. The third-order valence-electron chi connectivity index (χ3n) is 4.18. The van der Waals surface area contributed by atoms with Gasteiger partial charge in [-0.05, 0) is 25.1 Å². The summed E-state index contributed by atoms with van der Waals surface area (Å²) in [6, 6.07) is 3.26. The van der Waals surface area contributed by atoms with Gasteiger partial charge in [0.15, 0.2) is 5.54 Å². The lowest BCUT2D eigenvalue weighted by atomic mass is 9.85. The van der Waals surface area contributed by atoms with Crippen LogP contribution in [0, 0.1) is 5.82 Å². The Bertz CT molecular complexity index is 917. The number of ether oxygens (including phenoxy) is 1. The summed E-state index contributed by atoms with van der Waals surface area (Å²) < 4.78 is 48.6. The van der Waals surface area contributed by atoms with E-state index < -0.39 is 35.4 Å². The minimum absolute atomic E-state index is 0.0239. The topological polar surface area (TPSA) is 105 Å². The highest BCUT2D eigenvalue weighted by Gasteiger charge is 2.54. The summed E-state index contributed by atoms with van der Waals surface area (Å²) in [4.78, 5) is 16.0. The smallest absolute Gasteiger partial charge is 0.299 e. The van der Waals surface area contributed by atoms with Crippen LogP contribution in [-0.2, 0) is 10.3 Å². The molecule has 27 heavy (non-hydrogen) atoms. The molecule has 2 aromatic rings. The number of nitrogens with zero attached hydrogens (tertiary/aromatic N) is 2. The second-order valence-electron chi connectivity index (χ2n) is 6.11. The lowest BCUT2D eigenvalue weighted by Gasteiger charge is -2.33. The lowest BCUT2D eigenvalue weighted by Crippen LogP contribution is -2.45. The van der Waals surface area contributed by atoms with E-state index >= 15 is 0 Å². The Hall–Kier alpha value is -2.59. The predicted molar refractivity (Wildman–Crippen MR) is 92.7 cm³/mol. The van der Waals surface area contributed by atoms with Crippen LogP contribution in [0.1, 0.15) is 23.0 Å². The molecule has 1 amide bonds. The van der Waals surface area contributed by atoms with Crippen molar-refractivity contribution in [1.82, 2.24) is 10.2 Å². The van der Waals surface area contributed by atoms with Gasteiger partial charge < -0.3 is 15.8 Å². The number of nitrogens with one attached hydrogen (secondary N) is 2. The summed E-state index contributed by atoms with van der Waals surface area (Å²) in [5, 5.41) is 8.54. The number of hydrogen-bond donors (Lipinski definition) is 3. The van der Waals surface area contributed by atoms with Crippen LogP contribution in [0.3, 0.4) is 0 Å². The van der Waals surface area contributed by atoms with Gasteiger partial charge in [0.2, 0.25) is 0 Å². The number of nitrogens with two attached hydrogens (primary N) is 1. The van der Waals surface area contributed by atoms with E-state index in [1.54, 1.807) is 0 Å². The van der Waals surface area contributed by atoms with E-state index in [1.807, 2.05) is 0 Å². The Morgan fingerprint density at radius 2 is 2.19 bits per heavy atom. The van der Waals surface area contributed by atoms with Crippen LogP contribution in [0.15, 0.2) is 29.4 Å². The van der Waals surface area contributed by atoms with E-state index in [2.05, 4.69) is 20.5 Å². The number of aromatic amines is 1. The Morgan fingerprint density at radius 1 is 1.44 bits per heavy atom. The molecule has 2 heterocycles. The lowest BCUT2D eigenvalue weighted by molar-refractivity contribution is -0.116. The van der Waals surface area contributed by atoms with Crippen molar-refractivity contribution >= 4 is 29.0 Å². The third kappa shape index (κ3) is 3.50. The molecule has 0 saturated carbocycles. The first kappa shape index (κ1) is 19.2. The number of amides is 1. The highest BCUT2D eigenvalue weighted by atomic mass is 35.5. The van der Waals surface area contributed by atoms with Gasteiger partial charge in [-0.15, -0.1) is 0 Å². The summed E-state index contributed by atoms with van der Waals surface area (Å²) in [6.45, 7) is -0.209. The molecule has 0 bridgehead atoms. The number of halogens is 4. The third-order valence-corrected chi connectivity index (χ3v) is 4.47. The minimum Gasteiger partial charge on any atom is -0.385 e. The zero-order valence-corrected chi connectivity index (χ0v) is 14.8. The maximum atomic E-state index is 14.7. The van der Waals surface area contributed by atoms with Crippen LogP contribution < -0.4 is 11.1 Å². The fraction of sp³-hybridized carbons (Fsp3) is 0.312. The number of amidine groups is 1. The molecule has 0 unspecified atom stereocenters. The van der Waals surface area contributed by atoms with Crippen molar-refractivity contribution in [3.63, 3.8) is 0 Å². The molecule has 1 aromatic heterocycles. The number of H-pyrrole nitrogens is 1. The first-order chi connectivity index (χ1) is 12.6. The second kappa shape index (κ2) is 6.86. The van der Waals surface area contributed by atoms with Gasteiger partial charge in [-0.1, -0.05) is 11.6 Å². The molecule has 0 aliphatic carbocycles. The summed E-state index contributed by atoms with van der Waals surface area (Å²) in [6.07, 6.45) is 1.23. The Labute approximate surface area is 156 Å². The summed E-state index contributed by atoms with van der Waals surface area (Å²) in [5.41, 5.74) is 2.88. The van der Waals surface area contributed by atoms with Crippen molar-refractivity contribution in [2.24, 2.45) is 10.7 Å². The molecule has 1 aromatic carbocycles. The molecule has 0 radical (unpaired) electrons. The highest BCUT2D eigenvalue weighted by molar-refractivity contribution is 6.34. The van der Waals surface area contributed by atoms with E-state index in [4.69, 9.17) is 22.1 Å². The zero-order valence-electron chi connectivity index (χ0n) is 14.0. The standard InChI is InChI=1S/C16H15ClF3N5O2/c1-15(16(19,20)7-27-6-12(21)24-15)9-4-8(2-3-11(9)18)23-14(26)13-10(17)5-22-25-13/h2-5H,6-7H2,1H3,(H2,21,24)(H,22,25)(H,23,26)/t15-/m1/s1. The van der Waals surface area contributed by atoms with Gasteiger partial charge in [-0.3, -0.25) is 14.9 Å². The van der Waals surface area contributed by atoms with Crippen LogP contribution >= 0.6 is 11.6 Å². The molecular formula is C16H15ClF3N5O2. The number of rotatable bonds is 3. The molecular weight excluding hydrogens is 387 g/mol. The highest BCUT2D eigenvalue weighted by Crippen LogP contribution is 2.44. The number of aromatic nitrogens is 2. The quantitative estimate of drug-likeness (QED) is 0.735. The fourth-order valence-corrected chi connectivity index (χ4v) is 2.86. The Morgan fingerprint density at radius 3 is 2.85 bits per heavy atom. The number of hydrogen-bond acceptors (Lipinski definition) is 5. The number of carbonyl (C=O) groups excluding carboxylic acids is 1. The molecule has 0 saturated heterocycles. The second-order valence-corrected chi connectivity index (χ2v) is 6.52. The van der Waals surface area contributed by atoms with Crippen molar-refractivity contribution in [3.8, 4) is 0 Å². The van der Waals surface area contributed by atoms with E-state index in [9.17, 15) is 18.0 Å². The Kier molecular flexibility index (Phi) is 4.87. The first-order valence-electron chi connectivity index (χ1n) is 7.74. The number of benzene rings is 1. The average Bonchev–Trinajstić information content (AvgIpc) is 2.98. The molecule has 4 N–H and O–H groups in total. The maximum Gasteiger partial charge on any atom is 0.299 e. The number of carbonyl (C=O) groups is 1. The van der Waals surface area contributed by atoms with Crippen LogP contribution in [0.4, 0.5) is 18.9 Å². The molecule has 0 fully saturated rings. The Balaban J connectivity index is 2.01. The van der Waals surface area contributed by atoms with Gasteiger partial charge >= 0.3 is 0 Å². The predicted octanol–water partition coefficient (Wildman–Crippen LogP) is 2.69. The molecule has 144 valence electrons. The molecule has 11 heteroatoms. The SMILES string of the molecule is C[C@]1(c2cc(NC(=O)c3[nH]ncc3Cl)ccc2F)N=C(N)COCC1(F)F. The largest absolute Gasteiger partial charge is 0.385 e. The number of aliphatic imine (C=N–C) groups is 1. The van der Waals surface area contributed by atoms with E-state index in [-0.39, 0.29) is 28.8 Å². The molecule has 1 atom stereocenters. The van der Waals surface area contributed by atoms with Crippen LogP contribution in [0.5, 0.6) is 0 Å². The fourth-order valence-electron chi connectivity index (χ4n) is 2.68. The van der Waals surface area contributed by atoms with Crippen molar-refractivity contribution in [3.05, 3.63) is 46.5 Å². The normalized spacial score (nSPS) is 22.0. The summed E-state index contributed by atoms with van der Waals surface area (Å²) in [5.74, 6) is -5.32. The van der Waals surface area contributed by atoms with Gasteiger partial charge in [-0.2, -0.15) is 5.10 Å². The van der Waals surface area contributed by atoms with E-state index in [0.717, 1.165) is 19.1 Å². The van der Waals surface area contributed by atoms with Crippen molar-refractivity contribution in [1.29, 1.82) is 0 Å². The zero-order chi connectivity index (χ0) is 19.8. The van der Waals surface area contributed by atoms with Crippen LogP contribution in [0.25, 0.3) is 0 Å². The van der Waals surface area contributed by atoms with Crippen LogP contribution in [-0.4, -0.2) is 41.1 Å². The molecule has 3 rings (SSSR count). The van der Waals surface area contributed by atoms with Gasteiger partial charge in [-0.25, -0.2) is 13.2 Å². The molecule has 1 aliphatic heterocycles. The van der Waals surface area contributed by atoms with Crippen molar-refractivity contribution in [2.45, 2.75) is 18.4 Å². The minimum atomic E-state index is -3.54. The summed E-state index contributed by atoms with van der Waals surface area (Å²) >= 11 is 5.81. The van der Waals surface area contributed by atoms with Crippen molar-refractivity contribution in [2.75, 3.05) is 18.5 Å². The molecule has 1 aliphatic rings. The van der Waals surface area contributed by atoms with Crippen molar-refractivity contribution < 1.29 is 22.7 Å². The maximum absolute atomic E-state index is 14.7. The number of anilines is 1. The molecule has 0 spiro atoms. The monoisotopic (exact) mass is 401 g/mol. The van der Waals surface area contributed by atoms with Gasteiger partial charge in [0.1, 0.15) is 30.6 Å². The summed E-state index contributed by atoms with van der Waals surface area (Å²) in [7, 11) is 0. The number of alkyl halides is 2. The van der Waals surface area contributed by atoms with Gasteiger partial charge in [0.25, 0.3) is 11.8 Å². The average molecular weight is 402 g/mol. The van der Waals surface area contributed by atoms with Gasteiger partial charge in [0.05, 0.1) is 11.2 Å². The first-order valence-corrected chi connectivity index (χ1v) is 8.12. The van der Waals surface area contributed by atoms with E-state index in [0.29, 0.717) is 0 Å². The van der Waals surface area contributed by atoms with Crippen LogP contribution in [0.2, 0.25) is 5.02 Å².